The topological polar surface area (TPSA) is 88.6 Å². The number of amides is 1. The smallest absolute Gasteiger partial charge is 0.251 e. The highest BCUT2D eigenvalue weighted by molar-refractivity contribution is 7.93. The molecule has 0 unspecified atom stereocenters. The van der Waals surface area contributed by atoms with Crippen molar-refractivity contribution in [2.45, 2.75) is 32.7 Å². The molecule has 0 atom stereocenters. The maximum Gasteiger partial charge on any atom is 0.251 e. The van der Waals surface area contributed by atoms with E-state index >= 15 is 0 Å². The zero-order valence-corrected chi connectivity index (χ0v) is 16.7. The highest BCUT2D eigenvalue weighted by Gasteiger charge is 2.28. The molecule has 0 saturated carbocycles. The summed E-state index contributed by atoms with van der Waals surface area (Å²) in [6, 6.07) is 10.3. The van der Waals surface area contributed by atoms with Gasteiger partial charge >= 0.3 is 0 Å². The lowest BCUT2D eigenvalue weighted by Gasteiger charge is -2.17. The van der Waals surface area contributed by atoms with Gasteiger partial charge in [-0.3, -0.25) is 9.10 Å². The Labute approximate surface area is 165 Å². The van der Waals surface area contributed by atoms with E-state index < -0.39 is 10.0 Å². The van der Waals surface area contributed by atoms with Crippen LogP contribution in [0.5, 0.6) is 5.88 Å². The number of carbonyl (C=O) groups excluding carboxylic acids is 1. The molecule has 1 N–H and O–H groups in total. The standard InChI is InChI=1S/C20H25N3O4S/c1-2-3-13-27-20-17(6-4-11-21-20)15-22-19(24)16-7-9-18(10-8-16)23-12-5-14-28(23,25)26/h4,6-11H,2-3,5,12-15H2,1H3,(H,22,24). The fraction of sp³-hybridized carbons (Fsp3) is 0.400. The Balaban J connectivity index is 1.61. The van der Waals surface area contributed by atoms with Crippen LogP contribution in [0, 0.1) is 0 Å². The molecule has 0 spiro atoms. The average molecular weight is 404 g/mol. The minimum Gasteiger partial charge on any atom is -0.477 e. The zero-order valence-electron chi connectivity index (χ0n) is 15.9. The van der Waals surface area contributed by atoms with Crippen LogP contribution in [0.2, 0.25) is 0 Å². The van der Waals surface area contributed by atoms with Crippen molar-refractivity contribution < 1.29 is 17.9 Å². The van der Waals surface area contributed by atoms with Gasteiger partial charge in [-0.25, -0.2) is 13.4 Å². The van der Waals surface area contributed by atoms with E-state index in [9.17, 15) is 13.2 Å². The minimum absolute atomic E-state index is 0.170. The molecule has 1 amide bonds. The highest BCUT2D eigenvalue weighted by atomic mass is 32.2. The normalized spacial score (nSPS) is 15.4. The van der Waals surface area contributed by atoms with E-state index in [1.165, 1.54) is 4.31 Å². The van der Waals surface area contributed by atoms with Crippen LogP contribution < -0.4 is 14.4 Å². The van der Waals surface area contributed by atoms with Crippen molar-refractivity contribution in [2.75, 3.05) is 23.2 Å². The maximum atomic E-state index is 12.4. The summed E-state index contributed by atoms with van der Waals surface area (Å²) in [5.74, 6) is 0.466. The molecule has 2 aromatic rings. The Hall–Kier alpha value is -2.61. The molecule has 0 radical (unpaired) electrons. The van der Waals surface area contributed by atoms with Crippen LogP contribution >= 0.6 is 0 Å². The predicted octanol–water partition coefficient (Wildman–Crippen LogP) is 2.73. The van der Waals surface area contributed by atoms with Crippen molar-refractivity contribution in [2.24, 2.45) is 0 Å². The van der Waals surface area contributed by atoms with E-state index in [0.717, 1.165) is 18.4 Å². The molecule has 0 aliphatic carbocycles. The SMILES string of the molecule is CCCCOc1ncccc1CNC(=O)c1ccc(N2CCCS2(=O)=O)cc1. The molecular formula is C20H25N3O4S. The number of benzene rings is 1. The summed E-state index contributed by atoms with van der Waals surface area (Å²) in [7, 11) is -3.22. The Morgan fingerprint density at radius 1 is 1.25 bits per heavy atom. The molecule has 1 aromatic carbocycles. The summed E-state index contributed by atoms with van der Waals surface area (Å²) in [6.07, 6.45) is 4.27. The number of rotatable bonds is 8. The third-order valence-corrected chi connectivity index (χ3v) is 6.41. The average Bonchev–Trinajstić information content (AvgIpc) is 3.06. The number of nitrogens with zero attached hydrogens (tertiary/aromatic N) is 2. The molecule has 2 heterocycles. The fourth-order valence-electron chi connectivity index (χ4n) is 2.99. The van der Waals surface area contributed by atoms with Crippen LogP contribution in [-0.4, -0.2) is 38.2 Å². The largest absolute Gasteiger partial charge is 0.477 e. The fourth-order valence-corrected chi connectivity index (χ4v) is 4.55. The molecule has 1 aliphatic heterocycles. The van der Waals surface area contributed by atoms with Crippen LogP contribution in [0.25, 0.3) is 0 Å². The maximum absolute atomic E-state index is 12.4. The van der Waals surface area contributed by atoms with E-state index in [1.54, 1.807) is 36.5 Å². The molecule has 1 fully saturated rings. The quantitative estimate of drug-likeness (QED) is 0.685. The first kappa shape index (κ1) is 20.1. The van der Waals surface area contributed by atoms with Gasteiger partial charge < -0.3 is 10.1 Å². The van der Waals surface area contributed by atoms with Gasteiger partial charge in [0, 0.05) is 30.4 Å². The van der Waals surface area contributed by atoms with E-state index in [0.29, 0.717) is 43.2 Å². The number of hydrogen-bond acceptors (Lipinski definition) is 5. The Morgan fingerprint density at radius 3 is 2.71 bits per heavy atom. The van der Waals surface area contributed by atoms with Gasteiger partial charge in [0.05, 0.1) is 18.0 Å². The number of nitrogens with one attached hydrogen (secondary N) is 1. The van der Waals surface area contributed by atoms with Crippen LogP contribution in [0.1, 0.15) is 42.1 Å². The van der Waals surface area contributed by atoms with Crippen molar-refractivity contribution >= 4 is 21.6 Å². The van der Waals surface area contributed by atoms with Crippen molar-refractivity contribution in [3.05, 3.63) is 53.7 Å². The second-order valence-electron chi connectivity index (χ2n) is 6.64. The number of anilines is 1. The minimum atomic E-state index is -3.22. The second kappa shape index (κ2) is 9.05. The Kier molecular flexibility index (Phi) is 6.51. The van der Waals surface area contributed by atoms with Crippen molar-refractivity contribution in [3.8, 4) is 5.88 Å². The number of carbonyl (C=O) groups is 1. The number of pyridine rings is 1. The van der Waals surface area contributed by atoms with Gasteiger partial charge in [-0.1, -0.05) is 19.4 Å². The van der Waals surface area contributed by atoms with Gasteiger partial charge in [-0.15, -0.1) is 0 Å². The first-order valence-electron chi connectivity index (χ1n) is 9.46. The van der Waals surface area contributed by atoms with Crippen LogP contribution in [0.15, 0.2) is 42.6 Å². The van der Waals surface area contributed by atoms with Gasteiger partial charge in [0.1, 0.15) is 0 Å². The lowest BCUT2D eigenvalue weighted by molar-refractivity contribution is 0.0950. The van der Waals surface area contributed by atoms with E-state index in [4.69, 9.17) is 4.74 Å². The molecule has 8 heteroatoms. The Morgan fingerprint density at radius 2 is 2.04 bits per heavy atom. The Bertz CT molecular complexity index is 913. The summed E-state index contributed by atoms with van der Waals surface area (Å²) >= 11 is 0. The monoisotopic (exact) mass is 403 g/mol. The number of unbranched alkanes of at least 4 members (excludes halogenated alkanes) is 1. The van der Waals surface area contributed by atoms with E-state index in [2.05, 4.69) is 17.2 Å². The van der Waals surface area contributed by atoms with Gasteiger partial charge in [0.15, 0.2) is 0 Å². The number of hydrogen-bond donors (Lipinski definition) is 1. The highest BCUT2D eigenvalue weighted by Crippen LogP contribution is 2.24. The molecule has 7 nitrogen and oxygen atoms in total. The summed E-state index contributed by atoms with van der Waals surface area (Å²) < 4.78 is 31.1. The van der Waals surface area contributed by atoms with E-state index in [1.807, 2.05) is 6.07 Å². The first-order chi connectivity index (χ1) is 13.5. The van der Waals surface area contributed by atoms with Crippen molar-refractivity contribution in [3.63, 3.8) is 0 Å². The van der Waals surface area contributed by atoms with Crippen LogP contribution in [0.3, 0.4) is 0 Å². The number of sulfonamides is 1. The number of ether oxygens (including phenoxy) is 1. The molecule has 150 valence electrons. The molecule has 1 saturated heterocycles. The lowest BCUT2D eigenvalue weighted by atomic mass is 10.2. The zero-order chi connectivity index (χ0) is 20.0. The summed E-state index contributed by atoms with van der Waals surface area (Å²) in [5.41, 5.74) is 1.87. The molecule has 28 heavy (non-hydrogen) atoms. The molecule has 3 rings (SSSR count). The van der Waals surface area contributed by atoms with Gasteiger partial charge in [0.2, 0.25) is 15.9 Å². The van der Waals surface area contributed by atoms with Gasteiger partial charge in [-0.2, -0.15) is 0 Å². The van der Waals surface area contributed by atoms with Crippen molar-refractivity contribution in [1.29, 1.82) is 0 Å². The summed E-state index contributed by atoms with van der Waals surface area (Å²) in [5, 5.41) is 2.86. The van der Waals surface area contributed by atoms with Crippen molar-refractivity contribution in [1.82, 2.24) is 10.3 Å². The van der Waals surface area contributed by atoms with E-state index in [-0.39, 0.29) is 11.7 Å². The third kappa shape index (κ3) is 4.81. The van der Waals surface area contributed by atoms with Gasteiger partial charge in [-0.05, 0) is 43.2 Å². The van der Waals surface area contributed by atoms with Crippen LogP contribution in [0.4, 0.5) is 5.69 Å². The second-order valence-corrected chi connectivity index (χ2v) is 8.65. The van der Waals surface area contributed by atoms with Gasteiger partial charge in [0.25, 0.3) is 5.91 Å². The molecular weight excluding hydrogens is 378 g/mol. The summed E-state index contributed by atoms with van der Waals surface area (Å²) in [6.45, 7) is 3.47. The molecule has 0 bridgehead atoms. The third-order valence-electron chi connectivity index (χ3n) is 4.54. The predicted molar refractivity (Wildman–Crippen MR) is 108 cm³/mol. The summed E-state index contributed by atoms with van der Waals surface area (Å²) in [4.78, 5) is 16.7. The van der Waals surface area contributed by atoms with Crippen LogP contribution in [-0.2, 0) is 16.6 Å². The molecule has 1 aliphatic rings. The first-order valence-corrected chi connectivity index (χ1v) is 11.1. The number of aromatic nitrogens is 1. The molecule has 1 aromatic heterocycles. The lowest BCUT2D eigenvalue weighted by Crippen LogP contribution is -2.26.